The highest BCUT2D eigenvalue weighted by Gasteiger charge is 2.22. The number of H-pyrrole nitrogens is 1. The number of nitrogens with one attached hydrogen (secondary N) is 2. The number of carboxylic acid groups (broad SMARTS) is 1. The summed E-state index contributed by atoms with van der Waals surface area (Å²) in [7, 11) is 0. The Morgan fingerprint density at radius 2 is 1.87 bits per heavy atom. The maximum atomic E-state index is 13.5. The first-order chi connectivity index (χ1) is 15.0. The molecule has 0 spiro atoms. The highest BCUT2D eigenvalue weighted by atomic mass is 16.4. The van der Waals surface area contributed by atoms with Crippen LogP contribution in [0.2, 0.25) is 0 Å². The van der Waals surface area contributed by atoms with E-state index in [1.54, 1.807) is 25.1 Å². The van der Waals surface area contributed by atoms with Crippen LogP contribution in [0.3, 0.4) is 0 Å². The van der Waals surface area contributed by atoms with Crippen LogP contribution in [0.5, 0.6) is 0 Å². The number of aliphatic carboxylic acids is 1. The van der Waals surface area contributed by atoms with Gasteiger partial charge in [0.15, 0.2) is 5.78 Å². The van der Waals surface area contributed by atoms with Crippen molar-refractivity contribution >= 4 is 22.7 Å². The van der Waals surface area contributed by atoms with Crippen molar-refractivity contribution in [3.63, 3.8) is 0 Å². The Labute approximate surface area is 180 Å². The lowest BCUT2D eigenvalue weighted by atomic mass is 9.96. The zero-order valence-electron chi connectivity index (χ0n) is 17.6. The summed E-state index contributed by atoms with van der Waals surface area (Å²) in [5, 5.41) is 12.5. The van der Waals surface area contributed by atoms with Gasteiger partial charge in [-0.15, -0.1) is 0 Å². The van der Waals surface area contributed by atoms with E-state index in [0.717, 1.165) is 12.0 Å². The van der Waals surface area contributed by atoms with Crippen molar-refractivity contribution in [3.8, 4) is 0 Å². The number of aryl methyl sites for hydroxylation is 2. The number of aromatic nitrogens is 2. The number of para-hydroxylation sites is 1. The lowest BCUT2D eigenvalue weighted by Gasteiger charge is -2.19. The molecule has 0 fully saturated rings. The van der Waals surface area contributed by atoms with E-state index in [9.17, 15) is 14.4 Å². The number of benzene rings is 2. The molecule has 3 N–H and O–H groups in total. The molecule has 0 radical (unpaired) electrons. The van der Waals surface area contributed by atoms with E-state index in [1.807, 2.05) is 30.3 Å². The summed E-state index contributed by atoms with van der Waals surface area (Å²) in [6.45, 7) is 2.23. The normalized spacial score (nSPS) is 12.0. The summed E-state index contributed by atoms with van der Waals surface area (Å²) in [5.74, 6) is -0.475. The van der Waals surface area contributed by atoms with Gasteiger partial charge in [0.25, 0.3) is 5.56 Å². The largest absolute Gasteiger partial charge is 0.481 e. The van der Waals surface area contributed by atoms with Crippen molar-refractivity contribution < 1.29 is 14.7 Å². The monoisotopic (exact) mass is 421 g/mol. The summed E-state index contributed by atoms with van der Waals surface area (Å²) in [4.78, 5) is 43.6. The topological polar surface area (TPSA) is 112 Å². The first kappa shape index (κ1) is 22.4. The van der Waals surface area contributed by atoms with Crippen molar-refractivity contribution in [3.05, 3.63) is 75.8 Å². The van der Waals surface area contributed by atoms with E-state index >= 15 is 0 Å². The van der Waals surface area contributed by atoms with Crippen LogP contribution in [0.25, 0.3) is 10.9 Å². The lowest BCUT2D eigenvalue weighted by molar-refractivity contribution is -0.137. The molecule has 1 aromatic heterocycles. The molecule has 1 heterocycles. The second-order valence-electron chi connectivity index (χ2n) is 7.60. The molecule has 3 rings (SSSR count). The number of rotatable bonds is 11. The van der Waals surface area contributed by atoms with Gasteiger partial charge in [-0.25, -0.2) is 4.98 Å². The molecule has 162 valence electrons. The number of aromatic amines is 1. The SMILES string of the molecule is Cc1nc2c(C(=O)C(CCc3ccccc3)NCCCCC(=O)O)cccc2c(=O)[nH]1. The Kier molecular flexibility index (Phi) is 7.67. The fourth-order valence-electron chi connectivity index (χ4n) is 3.62. The molecular weight excluding hydrogens is 394 g/mol. The molecule has 31 heavy (non-hydrogen) atoms. The molecule has 1 atom stereocenters. The first-order valence-electron chi connectivity index (χ1n) is 10.5. The molecule has 7 nitrogen and oxygen atoms in total. The van der Waals surface area contributed by atoms with Crippen molar-refractivity contribution in [2.45, 2.75) is 45.1 Å². The van der Waals surface area contributed by atoms with Gasteiger partial charge in [0.2, 0.25) is 0 Å². The second kappa shape index (κ2) is 10.6. The predicted octanol–water partition coefficient (Wildman–Crippen LogP) is 3.26. The fraction of sp³-hybridized carbons (Fsp3) is 0.333. The van der Waals surface area contributed by atoms with Gasteiger partial charge in [-0.3, -0.25) is 14.4 Å². The van der Waals surface area contributed by atoms with E-state index in [0.29, 0.717) is 48.1 Å². The summed E-state index contributed by atoms with van der Waals surface area (Å²) in [5.41, 5.74) is 1.70. The van der Waals surface area contributed by atoms with Gasteiger partial charge >= 0.3 is 5.97 Å². The van der Waals surface area contributed by atoms with E-state index in [1.165, 1.54) is 0 Å². The van der Waals surface area contributed by atoms with Crippen molar-refractivity contribution in [1.29, 1.82) is 0 Å². The number of ketones is 1. The molecule has 0 amide bonds. The lowest BCUT2D eigenvalue weighted by Crippen LogP contribution is -2.38. The third kappa shape index (κ3) is 6.08. The molecule has 1 unspecified atom stereocenters. The smallest absolute Gasteiger partial charge is 0.303 e. The maximum absolute atomic E-state index is 13.5. The summed E-state index contributed by atoms with van der Waals surface area (Å²) in [6.07, 6.45) is 2.62. The van der Waals surface area contributed by atoms with Gasteiger partial charge in [-0.05, 0) is 56.8 Å². The maximum Gasteiger partial charge on any atom is 0.303 e. The van der Waals surface area contributed by atoms with E-state index in [-0.39, 0.29) is 17.8 Å². The van der Waals surface area contributed by atoms with Gasteiger partial charge in [0, 0.05) is 12.0 Å². The van der Waals surface area contributed by atoms with Crippen LogP contribution in [0.4, 0.5) is 0 Å². The molecule has 0 aliphatic heterocycles. The number of carbonyl (C=O) groups is 2. The Morgan fingerprint density at radius 1 is 1.10 bits per heavy atom. The third-order valence-corrected chi connectivity index (χ3v) is 5.21. The summed E-state index contributed by atoms with van der Waals surface area (Å²) < 4.78 is 0. The Hall–Kier alpha value is -3.32. The van der Waals surface area contributed by atoms with Crippen molar-refractivity contribution in [1.82, 2.24) is 15.3 Å². The molecule has 0 aliphatic carbocycles. The molecular formula is C24H27N3O4. The summed E-state index contributed by atoms with van der Waals surface area (Å²) in [6, 6.07) is 14.5. The van der Waals surface area contributed by atoms with Gasteiger partial charge in [-0.2, -0.15) is 0 Å². The zero-order valence-corrected chi connectivity index (χ0v) is 17.6. The Bertz CT molecular complexity index is 1110. The molecule has 0 saturated heterocycles. The number of carbonyl (C=O) groups excluding carboxylic acids is 1. The van der Waals surface area contributed by atoms with Crippen LogP contribution in [-0.2, 0) is 11.2 Å². The zero-order chi connectivity index (χ0) is 22.2. The highest BCUT2D eigenvalue weighted by Crippen LogP contribution is 2.18. The van der Waals surface area contributed by atoms with Gasteiger partial charge in [-0.1, -0.05) is 36.4 Å². The molecule has 0 saturated carbocycles. The van der Waals surface area contributed by atoms with E-state index in [4.69, 9.17) is 5.11 Å². The van der Waals surface area contributed by atoms with Crippen molar-refractivity contribution in [2.24, 2.45) is 0 Å². The molecule has 0 aliphatic rings. The highest BCUT2D eigenvalue weighted by molar-refractivity contribution is 6.09. The molecule has 0 bridgehead atoms. The quantitative estimate of drug-likeness (QED) is 0.324. The number of nitrogens with zero attached hydrogens (tertiary/aromatic N) is 1. The van der Waals surface area contributed by atoms with Crippen LogP contribution in [0, 0.1) is 6.92 Å². The standard InChI is InChI=1S/C24H27N3O4/c1-16-26-22-18(10-7-11-19(22)24(31)27-16)23(30)20(25-15-6-5-12-21(28)29)14-13-17-8-3-2-4-9-17/h2-4,7-11,20,25H,5-6,12-15H2,1H3,(H,28,29)(H,26,27,31). The number of unbranched alkanes of at least 4 members (excludes halogenated alkanes) is 1. The second-order valence-corrected chi connectivity index (χ2v) is 7.60. The van der Waals surface area contributed by atoms with Gasteiger partial charge < -0.3 is 15.4 Å². The van der Waals surface area contributed by atoms with Crippen LogP contribution in [0.15, 0.2) is 53.3 Å². The average molecular weight is 421 g/mol. The molecule has 7 heteroatoms. The van der Waals surface area contributed by atoms with Crippen LogP contribution in [-0.4, -0.2) is 39.4 Å². The Balaban J connectivity index is 1.81. The number of carboxylic acids is 1. The minimum Gasteiger partial charge on any atom is -0.481 e. The minimum atomic E-state index is -0.820. The predicted molar refractivity (Wildman–Crippen MR) is 119 cm³/mol. The average Bonchev–Trinajstić information content (AvgIpc) is 2.75. The first-order valence-corrected chi connectivity index (χ1v) is 10.5. The third-order valence-electron chi connectivity index (χ3n) is 5.21. The number of hydrogen-bond acceptors (Lipinski definition) is 5. The number of hydrogen-bond donors (Lipinski definition) is 3. The van der Waals surface area contributed by atoms with Gasteiger partial charge in [0.05, 0.1) is 16.9 Å². The molecule has 2 aromatic carbocycles. The fourth-order valence-corrected chi connectivity index (χ4v) is 3.62. The molecule has 3 aromatic rings. The van der Waals surface area contributed by atoms with Crippen molar-refractivity contribution in [2.75, 3.05) is 6.54 Å². The summed E-state index contributed by atoms with van der Waals surface area (Å²) >= 11 is 0. The Morgan fingerprint density at radius 3 is 2.61 bits per heavy atom. The number of Topliss-reactive ketones (excluding diaryl/α,β-unsaturated/α-hetero) is 1. The van der Waals surface area contributed by atoms with Crippen LogP contribution in [0.1, 0.15) is 47.4 Å². The van der Waals surface area contributed by atoms with Gasteiger partial charge in [0.1, 0.15) is 5.82 Å². The van der Waals surface area contributed by atoms with E-state index in [2.05, 4.69) is 15.3 Å². The van der Waals surface area contributed by atoms with Crippen LogP contribution >= 0.6 is 0 Å². The minimum absolute atomic E-state index is 0.111. The van der Waals surface area contributed by atoms with Crippen LogP contribution < -0.4 is 10.9 Å². The number of fused-ring (bicyclic) bond motifs is 1. The van der Waals surface area contributed by atoms with E-state index < -0.39 is 12.0 Å².